The second-order valence-corrected chi connectivity index (χ2v) is 4.82. The number of hydrogen-bond donors (Lipinski definition) is 2. The molecule has 1 aromatic heterocycles. The molecule has 3 N–H and O–H groups in total. The highest BCUT2D eigenvalue weighted by molar-refractivity contribution is 9.10. The Morgan fingerprint density at radius 2 is 2.29 bits per heavy atom. The molecule has 0 aliphatic rings. The van der Waals surface area contributed by atoms with Crippen LogP contribution in [0.1, 0.15) is 17.3 Å². The molecule has 7 heteroatoms. The minimum absolute atomic E-state index is 0.194. The van der Waals surface area contributed by atoms with E-state index in [1.807, 2.05) is 25.2 Å². The lowest BCUT2D eigenvalue weighted by molar-refractivity contribution is 0.570. The Balaban J connectivity index is 2.42. The number of nitrogens with zero attached hydrogens (tertiary/aromatic N) is 3. The van der Waals surface area contributed by atoms with Crippen LogP contribution >= 0.6 is 27.5 Å². The van der Waals surface area contributed by atoms with Crippen LogP contribution in [-0.4, -0.2) is 15.0 Å². The number of aryl methyl sites for hydroxylation is 1. The van der Waals surface area contributed by atoms with E-state index in [0.29, 0.717) is 5.02 Å². The van der Waals surface area contributed by atoms with Crippen LogP contribution in [0.4, 0.5) is 0 Å². The Kier molecular flexibility index (Phi) is 3.78. The highest BCUT2D eigenvalue weighted by Gasteiger charge is 2.17. The zero-order valence-electron chi connectivity index (χ0n) is 9.06. The minimum Gasteiger partial charge on any atom is -0.271 e. The summed E-state index contributed by atoms with van der Waals surface area (Å²) < 4.78 is 2.52. The Bertz CT molecular complexity index is 527. The summed E-state index contributed by atoms with van der Waals surface area (Å²) in [5.41, 5.74) is 4.55. The fourth-order valence-electron chi connectivity index (χ4n) is 1.60. The first-order chi connectivity index (χ1) is 8.13. The van der Waals surface area contributed by atoms with Crippen molar-refractivity contribution in [3.63, 3.8) is 0 Å². The Morgan fingerprint density at radius 1 is 1.53 bits per heavy atom. The van der Waals surface area contributed by atoms with Gasteiger partial charge in [0.2, 0.25) is 0 Å². The Hall–Kier alpha value is -0.950. The maximum atomic E-state index is 6.06. The summed E-state index contributed by atoms with van der Waals surface area (Å²) in [4.78, 5) is 0. The quantitative estimate of drug-likeness (QED) is 0.669. The van der Waals surface area contributed by atoms with Crippen LogP contribution in [0, 0.1) is 0 Å². The van der Waals surface area contributed by atoms with Crippen LogP contribution in [0.5, 0.6) is 0 Å². The van der Waals surface area contributed by atoms with Gasteiger partial charge in [-0.15, -0.1) is 5.10 Å². The molecule has 0 saturated heterocycles. The molecule has 2 aromatic rings. The first-order valence-corrected chi connectivity index (χ1v) is 6.06. The molecule has 0 saturated carbocycles. The van der Waals surface area contributed by atoms with Gasteiger partial charge < -0.3 is 0 Å². The third-order valence-electron chi connectivity index (χ3n) is 2.49. The molecule has 5 nitrogen and oxygen atoms in total. The number of hydrogen-bond acceptors (Lipinski definition) is 4. The van der Waals surface area contributed by atoms with E-state index in [2.05, 4.69) is 31.7 Å². The smallest absolute Gasteiger partial charge is 0.0895 e. The summed E-state index contributed by atoms with van der Waals surface area (Å²) in [6.45, 7) is 0. The molecule has 0 radical (unpaired) electrons. The van der Waals surface area contributed by atoms with Crippen molar-refractivity contribution in [3.05, 3.63) is 45.1 Å². The van der Waals surface area contributed by atoms with Crippen molar-refractivity contribution in [2.24, 2.45) is 12.9 Å². The number of nitrogens with two attached hydrogens (primary N) is 1. The minimum atomic E-state index is -0.194. The predicted molar refractivity (Wildman–Crippen MR) is 69.3 cm³/mol. The van der Waals surface area contributed by atoms with Crippen LogP contribution in [-0.2, 0) is 7.05 Å². The molecule has 2 rings (SSSR count). The molecule has 1 aromatic carbocycles. The summed E-state index contributed by atoms with van der Waals surface area (Å²) in [5, 5.41) is 8.35. The van der Waals surface area contributed by atoms with Crippen LogP contribution in [0.25, 0.3) is 0 Å². The van der Waals surface area contributed by atoms with Crippen molar-refractivity contribution in [1.82, 2.24) is 20.4 Å². The van der Waals surface area contributed by atoms with Gasteiger partial charge in [-0.25, -0.2) is 5.43 Å². The molecular weight excluding hydrogens is 306 g/mol. The van der Waals surface area contributed by atoms with Crippen molar-refractivity contribution < 1.29 is 0 Å². The summed E-state index contributed by atoms with van der Waals surface area (Å²) >= 11 is 9.41. The van der Waals surface area contributed by atoms with E-state index in [0.717, 1.165) is 15.7 Å². The summed E-state index contributed by atoms with van der Waals surface area (Å²) in [6.07, 6.45) is 1.67. The molecular formula is C10H11BrClN5. The predicted octanol–water partition coefficient (Wildman–Crippen LogP) is 1.78. The average Bonchev–Trinajstić information content (AvgIpc) is 2.71. The molecule has 17 heavy (non-hydrogen) atoms. The normalized spacial score (nSPS) is 12.7. The summed E-state index contributed by atoms with van der Waals surface area (Å²) in [6, 6.07) is 5.48. The maximum absolute atomic E-state index is 6.06. The molecule has 0 bridgehead atoms. The van der Waals surface area contributed by atoms with Crippen LogP contribution < -0.4 is 11.3 Å². The number of hydrazine groups is 1. The number of nitrogens with one attached hydrogen (secondary N) is 1. The second-order valence-electron chi connectivity index (χ2n) is 3.56. The highest BCUT2D eigenvalue weighted by Crippen LogP contribution is 2.28. The lowest BCUT2D eigenvalue weighted by atomic mass is 10.1. The third kappa shape index (κ3) is 2.50. The number of halogens is 2. The van der Waals surface area contributed by atoms with E-state index in [1.165, 1.54) is 0 Å². The van der Waals surface area contributed by atoms with Gasteiger partial charge in [0.15, 0.2) is 0 Å². The molecule has 0 aliphatic heterocycles. The van der Waals surface area contributed by atoms with Gasteiger partial charge in [-0.2, -0.15) is 0 Å². The van der Waals surface area contributed by atoms with Gasteiger partial charge in [0.05, 0.1) is 23.0 Å². The number of aromatic nitrogens is 3. The highest BCUT2D eigenvalue weighted by atomic mass is 79.9. The maximum Gasteiger partial charge on any atom is 0.0895 e. The van der Waals surface area contributed by atoms with Gasteiger partial charge in [0, 0.05) is 11.5 Å². The molecule has 1 unspecified atom stereocenters. The molecule has 1 atom stereocenters. The Labute approximate surface area is 112 Å². The SMILES string of the molecule is Cn1nncc1C(NN)c1ccc(Br)c(Cl)c1. The molecule has 90 valence electrons. The average molecular weight is 317 g/mol. The molecule has 0 spiro atoms. The van der Waals surface area contributed by atoms with Crippen molar-refractivity contribution in [2.75, 3.05) is 0 Å². The first-order valence-electron chi connectivity index (χ1n) is 4.89. The largest absolute Gasteiger partial charge is 0.271 e. The molecule has 0 fully saturated rings. The first kappa shape index (κ1) is 12.5. The van der Waals surface area contributed by atoms with Gasteiger partial charge in [-0.05, 0) is 33.6 Å². The van der Waals surface area contributed by atoms with E-state index in [9.17, 15) is 0 Å². The summed E-state index contributed by atoms with van der Waals surface area (Å²) in [7, 11) is 1.81. The van der Waals surface area contributed by atoms with Gasteiger partial charge in [-0.1, -0.05) is 22.9 Å². The molecule has 0 aliphatic carbocycles. The molecule has 1 heterocycles. The third-order valence-corrected chi connectivity index (χ3v) is 3.72. The van der Waals surface area contributed by atoms with Crippen molar-refractivity contribution >= 4 is 27.5 Å². The monoisotopic (exact) mass is 315 g/mol. The summed E-state index contributed by atoms with van der Waals surface area (Å²) in [5.74, 6) is 5.58. The topological polar surface area (TPSA) is 68.8 Å². The molecule has 0 amide bonds. The van der Waals surface area contributed by atoms with Gasteiger partial charge in [-0.3, -0.25) is 10.5 Å². The van der Waals surface area contributed by atoms with Crippen molar-refractivity contribution in [3.8, 4) is 0 Å². The van der Waals surface area contributed by atoms with Crippen LogP contribution in [0.15, 0.2) is 28.9 Å². The van der Waals surface area contributed by atoms with E-state index in [4.69, 9.17) is 17.4 Å². The zero-order chi connectivity index (χ0) is 12.4. The van der Waals surface area contributed by atoms with Gasteiger partial charge >= 0.3 is 0 Å². The van der Waals surface area contributed by atoms with Crippen molar-refractivity contribution in [2.45, 2.75) is 6.04 Å². The van der Waals surface area contributed by atoms with E-state index in [1.54, 1.807) is 10.9 Å². The van der Waals surface area contributed by atoms with Gasteiger partial charge in [0.1, 0.15) is 0 Å². The van der Waals surface area contributed by atoms with E-state index in [-0.39, 0.29) is 6.04 Å². The Morgan fingerprint density at radius 3 is 2.82 bits per heavy atom. The van der Waals surface area contributed by atoms with E-state index < -0.39 is 0 Å². The lowest BCUT2D eigenvalue weighted by Gasteiger charge is -2.16. The van der Waals surface area contributed by atoms with Gasteiger partial charge in [0.25, 0.3) is 0 Å². The van der Waals surface area contributed by atoms with Crippen LogP contribution in [0.2, 0.25) is 5.02 Å². The van der Waals surface area contributed by atoms with E-state index >= 15 is 0 Å². The zero-order valence-corrected chi connectivity index (χ0v) is 11.4. The lowest BCUT2D eigenvalue weighted by Crippen LogP contribution is -2.30. The second kappa shape index (κ2) is 5.14. The van der Waals surface area contributed by atoms with Crippen molar-refractivity contribution in [1.29, 1.82) is 0 Å². The fraction of sp³-hybridized carbons (Fsp3) is 0.200. The van der Waals surface area contributed by atoms with Crippen LogP contribution in [0.3, 0.4) is 0 Å². The number of rotatable bonds is 3. The fourth-order valence-corrected chi connectivity index (χ4v) is 2.04. The standard InChI is InChI=1S/C10H11BrClN5/c1-17-9(5-14-16-17)10(15-13)6-2-3-7(11)8(12)4-6/h2-5,10,15H,13H2,1H3. The number of benzene rings is 1.